The summed E-state index contributed by atoms with van der Waals surface area (Å²) in [5.41, 5.74) is 1.44. The van der Waals surface area contributed by atoms with Crippen molar-refractivity contribution in [1.82, 2.24) is 9.55 Å². The van der Waals surface area contributed by atoms with Crippen molar-refractivity contribution in [3.8, 4) is 0 Å². The summed E-state index contributed by atoms with van der Waals surface area (Å²) < 4.78 is 6.70. The highest BCUT2D eigenvalue weighted by Gasteiger charge is 2.29. The molecule has 1 heterocycles. The number of esters is 1. The summed E-state index contributed by atoms with van der Waals surface area (Å²) in [4.78, 5) is 16.6. The summed E-state index contributed by atoms with van der Waals surface area (Å²) in [6, 6.07) is 4.94. The number of methoxy groups -OCH3 is 1. The standard InChI is InChI=1S/C14H16Cl2N2O2/c1-8(2)12(14(19)20-3)18-11(7-15)17-10-6-4-5-9(16)13(10)18/h4-6,8,12H,7H2,1-3H3. The van der Waals surface area contributed by atoms with E-state index in [-0.39, 0.29) is 17.8 Å². The number of rotatable bonds is 4. The number of aromatic nitrogens is 2. The van der Waals surface area contributed by atoms with Crippen LogP contribution in [-0.2, 0) is 15.4 Å². The van der Waals surface area contributed by atoms with E-state index >= 15 is 0 Å². The quantitative estimate of drug-likeness (QED) is 0.637. The Balaban J connectivity index is 2.75. The molecule has 0 saturated carbocycles. The maximum absolute atomic E-state index is 12.1. The van der Waals surface area contributed by atoms with Gasteiger partial charge in [-0.1, -0.05) is 31.5 Å². The predicted molar refractivity (Wildman–Crippen MR) is 80.2 cm³/mol. The van der Waals surface area contributed by atoms with Crippen LogP contribution in [0, 0.1) is 5.92 Å². The van der Waals surface area contributed by atoms with E-state index in [0.717, 1.165) is 5.52 Å². The number of halogens is 2. The number of carbonyl (C=O) groups excluding carboxylic acids is 1. The van der Waals surface area contributed by atoms with Crippen LogP contribution >= 0.6 is 23.2 Å². The second kappa shape index (κ2) is 6.02. The first-order valence-electron chi connectivity index (χ1n) is 6.30. The third-order valence-electron chi connectivity index (χ3n) is 3.21. The number of hydrogen-bond acceptors (Lipinski definition) is 3. The van der Waals surface area contributed by atoms with Crippen molar-refractivity contribution in [3.05, 3.63) is 29.0 Å². The van der Waals surface area contributed by atoms with Crippen LogP contribution in [0.5, 0.6) is 0 Å². The number of alkyl halides is 1. The second-order valence-electron chi connectivity index (χ2n) is 4.85. The van der Waals surface area contributed by atoms with E-state index < -0.39 is 6.04 Å². The third kappa shape index (κ3) is 2.50. The van der Waals surface area contributed by atoms with Crippen molar-refractivity contribution in [1.29, 1.82) is 0 Å². The predicted octanol–water partition coefficient (Wildman–Crippen LogP) is 3.80. The average Bonchev–Trinajstić information content (AvgIpc) is 2.78. The number of para-hydroxylation sites is 1. The Kier molecular flexibility index (Phi) is 4.55. The maximum atomic E-state index is 12.1. The summed E-state index contributed by atoms with van der Waals surface area (Å²) in [7, 11) is 1.37. The molecule has 0 spiro atoms. The topological polar surface area (TPSA) is 44.1 Å². The molecule has 2 rings (SSSR count). The van der Waals surface area contributed by atoms with Crippen molar-refractivity contribution in [2.75, 3.05) is 7.11 Å². The van der Waals surface area contributed by atoms with Gasteiger partial charge >= 0.3 is 5.97 Å². The molecule has 0 N–H and O–H groups in total. The molecule has 1 unspecified atom stereocenters. The van der Waals surface area contributed by atoms with Gasteiger partial charge in [0.25, 0.3) is 0 Å². The highest BCUT2D eigenvalue weighted by Crippen LogP contribution is 2.32. The molecule has 6 heteroatoms. The van der Waals surface area contributed by atoms with Crippen molar-refractivity contribution in [2.24, 2.45) is 5.92 Å². The van der Waals surface area contributed by atoms with Crippen molar-refractivity contribution in [3.63, 3.8) is 0 Å². The van der Waals surface area contributed by atoms with Crippen molar-refractivity contribution < 1.29 is 9.53 Å². The summed E-state index contributed by atoms with van der Waals surface area (Å²) in [6.07, 6.45) is 0. The van der Waals surface area contributed by atoms with E-state index in [1.807, 2.05) is 26.0 Å². The molecular formula is C14H16Cl2N2O2. The van der Waals surface area contributed by atoms with Crippen LogP contribution in [0.25, 0.3) is 11.0 Å². The fourth-order valence-corrected chi connectivity index (χ4v) is 2.79. The number of imidazole rings is 1. The lowest BCUT2D eigenvalue weighted by atomic mass is 10.0. The molecule has 0 aliphatic heterocycles. The van der Waals surface area contributed by atoms with Crippen LogP contribution in [0.15, 0.2) is 18.2 Å². The first-order valence-corrected chi connectivity index (χ1v) is 7.21. The van der Waals surface area contributed by atoms with Gasteiger partial charge in [-0.05, 0) is 18.1 Å². The van der Waals surface area contributed by atoms with Crippen LogP contribution in [0.2, 0.25) is 5.02 Å². The Hall–Kier alpha value is -1.26. The number of carbonyl (C=O) groups is 1. The molecule has 108 valence electrons. The van der Waals surface area contributed by atoms with Gasteiger partial charge in [-0.2, -0.15) is 0 Å². The highest BCUT2D eigenvalue weighted by molar-refractivity contribution is 6.35. The van der Waals surface area contributed by atoms with Gasteiger partial charge in [-0.25, -0.2) is 9.78 Å². The number of hydrogen-bond donors (Lipinski definition) is 0. The molecule has 0 bridgehead atoms. The number of ether oxygens (including phenoxy) is 1. The minimum atomic E-state index is -0.501. The Morgan fingerprint density at radius 1 is 1.45 bits per heavy atom. The monoisotopic (exact) mass is 314 g/mol. The first-order chi connectivity index (χ1) is 9.51. The minimum absolute atomic E-state index is 0.0260. The molecule has 0 amide bonds. The molecule has 1 aromatic carbocycles. The van der Waals surface area contributed by atoms with E-state index in [9.17, 15) is 4.79 Å². The van der Waals surface area contributed by atoms with Gasteiger partial charge in [-0.15, -0.1) is 11.6 Å². The zero-order valence-electron chi connectivity index (χ0n) is 11.6. The van der Waals surface area contributed by atoms with Crippen molar-refractivity contribution >= 4 is 40.2 Å². The van der Waals surface area contributed by atoms with Crippen molar-refractivity contribution in [2.45, 2.75) is 25.8 Å². The molecule has 0 radical (unpaired) electrons. The zero-order chi connectivity index (χ0) is 14.9. The van der Waals surface area contributed by atoms with Gasteiger partial charge in [0.1, 0.15) is 11.9 Å². The van der Waals surface area contributed by atoms with Gasteiger partial charge in [0.2, 0.25) is 0 Å². The molecule has 0 fully saturated rings. The smallest absolute Gasteiger partial charge is 0.329 e. The second-order valence-corrected chi connectivity index (χ2v) is 5.53. The summed E-state index contributed by atoms with van der Waals surface area (Å²) >= 11 is 12.2. The Bertz CT molecular complexity index is 637. The fraction of sp³-hybridized carbons (Fsp3) is 0.429. The number of nitrogens with zero attached hydrogens (tertiary/aromatic N) is 2. The Morgan fingerprint density at radius 2 is 2.15 bits per heavy atom. The molecule has 0 saturated heterocycles. The summed E-state index contributed by atoms with van der Waals surface area (Å²) in [6.45, 7) is 3.89. The summed E-state index contributed by atoms with van der Waals surface area (Å²) in [5, 5.41) is 0.543. The van der Waals surface area contributed by atoms with E-state index in [1.165, 1.54) is 7.11 Å². The van der Waals surface area contributed by atoms with E-state index in [4.69, 9.17) is 27.9 Å². The molecular weight excluding hydrogens is 299 g/mol. The van der Waals surface area contributed by atoms with Gasteiger partial charge in [0.15, 0.2) is 0 Å². The molecule has 1 atom stereocenters. The lowest BCUT2D eigenvalue weighted by molar-refractivity contribution is -0.145. The minimum Gasteiger partial charge on any atom is -0.467 e. The number of fused-ring (bicyclic) bond motifs is 1. The first kappa shape index (κ1) is 15.1. The van der Waals surface area contributed by atoms with Gasteiger partial charge in [-0.3, -0.25) is 0 Å². The molecule has 1 aromatic heterocycles. The van der Waals surface area contributed by atoms with Gasteiger partial charge in [0.05, 0.1) is 29.0 Å². The fourth-order valence-electron chi connectivity index (χ4n) is 2.34. The van der Waals surface area contributed by atoms with Crippen LogP contribution in [0.1, 0.15) is 25.7 Å². The van der Waals surface area contributed by atoms with E-state index in [0.29, 0.717) is 16.4 Å². The maximum Gasteiger partial charge on any atom is 0.329 e. The van der Waals surface area contributed by atoms with E-state index in [1.54, 1.807) is 10.6 Å². The SMILES string of the molecule is COC(=O)C(C(C)C)n1c(CCl)nc2cccc(Cl)c21. The van der Waals surface area contributed by atoms with Crippen LogP contribution in [-0.4, -0.2) is 22.6 Å². The molecule has 20 heavy (non-hydrogen) atoms. The highest BCUT2D eigenvalue weighted by atomic mass is 35.5. The largest absolute Gasteiger partial charge is 0.467 e. The molecule has 4 nitrogen and oxygen atoms in total. The van der Waals surface area contributed by atoms with E-state index in [2.05, 4.69) is 4.98 Å². The Morgan fingerprint density at radius 3 is 2.70 bits per heavy atom. The number of benzene rings is 1. The molecule has 2 aromatic rings. The molecule has 0 aliphatic rings. The van der Waals surface area contributed by atoms with Crippen LogP contribution in [0.3, 0.4) is 0 Å². The lowest BCUT2D eigenvalue weighted by Crippen LogP contribution is -2.27. The summed E-state index contributed by atoms with van der Waals surface area (Å²) in [5.74, 6) is 0.508. The lowest BCUT2D eigenvalue weighted by Gasteiger charge is -2.22. The van der Waals surface area contributed by atoms with Crippen LogP contribution < -0.4 is 0 Å². The average molecular weight is 315 g/mol. The van der Waals surface area contributed by atoms with Crippen LogP contribution in [0.4, 0.5) is 0 Å². The normalized spacial score (nSPS) is 12.9. The third-order valence-corrected chi connectivity index (χ3v) is 3.75. The Labute approximate surface area is 127 Å². The molecule has 0 aliphatic carbocycles. The zero-order valence-corrected chi connectivity index (χ0v) is 13.1. The van der Waals surface area contributed by atoms with Gasteiger partial charge < -0.3 is 9.30 Å². The van der Waals surface area contributed by atoms with Gasteiger partial charge in [0, 0.05) is 0 Å².